The van der Waals surface area contributed by atoms with Gasteiger partial charge in [-0.3, -0.25) is 0 Å². The lowest BCUT2D eigenvalue weighted by Gasteiger charge is -2.25. The predicted octanol–water partition coefficient (Wildman–Crippen LogP) is 0.927. The molecule has 4 nitrogen and oxygen atoms in total. The van der Waals surface area contributed by atoms with Gasteiger partial charge in [0.25, 0.3) is 0 Å². The van der Waals surface area contributed by atoms with E-state index in [1.54, 1.807) is 0 Å². The quantitative estimate of drug-likeness (QED) is 0.616. The third-order valence-corrected chi connectivity index (χ3v) is 1.93. The molecule has 7 heteroatoms. The van der Waals surface area contributed by atoms with Crippen LogP contribution in [0.2, 0.25) is 0 Å². The zero-order chi connectivity index (χ0) is 11.8. The Labute approximate surface area is 83.3 Å². The monoisotopic (exact) mass is 222 g/mol. The number of aliphatic carboxylic acids is 1. The zero-order valence-corrected chi connectivity index (χ0v) is 7.72. The van der Waals surface area contributed by atoms with Gasteiger partial charge in [0.2, 0.25) is 0 Å². The third kappa shape index (κ3) is 2.23. The van der Waals surface area contributed by atoms with Gasteiger partial charge in [-0.25, -0.2) is 4.79 Å². The Morgan fingerprint density at radius 1 is 1.60 bits per heavy atom. The molecule has 4 N–H and O–H groups in total. The summed E-state index contributed by atoms with van der Waals surface area (Å²) in [4.78, 5) is 10.6. The molecule has 0 aromatic rings. The number of alkyl halides is 3. The molecule has 0 radical (unpaired) electrons. The fourth-order valence-electron chi connectivity index (χ4n) is 1.33. The largest absolute Gasteiger partial charge is 0.478 e. The van der Waals surface area contributed by atoms with Crippen LogP contribution in [0.15, 0.2) is 23.2 Å². The van der Waals surface area contributed by atoms with Crippen LogP contribution in [-0.2, 0) is 4.79 Å². The molecule has 0 saturated carbocycles. The molecule has 1 heterocycles. The lowest BCUT2D eigenvalue weighted by atomic mass is 9.94. The molecule has 0 bridgehead atoms. The lowest BCUT2D eigenvalue weighted by molar-refractivity contribution is -0.159. The highest BCUT2D eigenvalue weighted by molar-refractivity contribution is 5.89. The smallest absolute Gasteiger partial charge is 0.399 e. The minimum absolute atomic E-state index is 0.180. The van der Waals surface area contributed by atoms with Crippen molar-refractivity contribution in [2.75, 3.05) is 0 Å². The van der Waals surface area contributed by atoms with E-state index < -0.39 is 29.5 Å². The zero-order valence-electron chi connectivity index (χ0n) is 7.72. The van der Waals surface area contributed by atoms with Crippen LogP contribution in [0.4, 0.5) is 13.2 Å². The van der Waals surface area contributed by atoms with Crippen molar-refractivity contribution in [2.45, 2.75) is 13.1 Å². The van der Waals surface area contributed by atoms with Gasteiger partial charge in [-0.1, -0.05) is 0 Å². The molecule has 84 valence electrons. The Morgan fingerprint density at radius 3 is 2.53 bits per heavy atom. The molecule has 0 fully saturated rings. The number of nitrogens with two attached hydrogens (primary N) is 1. The van der Waals surface area contributed by atoms with Gasteiger partial charge in [-0.2, -0.15) is 13.2 Å². The van der Waals surface area contributed by atoms with E-state index in [1.165, 1.54) is 6.92 Å². The molecular weight excluding hydrogens is 213 g/mol. The highest BCUT2D eigenvalue weighted by Crippen LogP contribution is 2.36. The second kappa shape index (κ2) is 3.48. The van der Waals surface area contributed by atoms with E-state index in [2.05, 4.69) is 5.32 Å². The summed E-state index contributed by atoms with van der Waals surface area (Å²) >= 11 is 0. The molecule has 0 amide bonds. The van der Waals surface area contributed by atoms with Gasteiger partial charge >= 0.3 is 12.1 Å². The summed E-state index contributed by atoms with van der Waals surface area (Å²) in [6.45, 7) is 1.38. The number of halogens is 3. The van der Waals surface area contributed by atoms with Crippen LogP contribution in [0.3, 0.4) is 0 Å². The van der Waals surface area contributed by atoms with Crippen LogP contribution in [-0.4, -0.2) is 17.3 Å². The predicted molar refractivity (Wildman–Crippen MR) is 45.3 cm³/mol. The van der Waals surface area contributed by atoms with Crippen molar-refractivity contribution in [3.05, 3.63) is 23.2 Å². The Bertz CT molecular complexity index is 357. The summed E-state index contributed by atoms with van der Waals surface area (Å²) < 4.78 is 37.4. The Hall–Kier alpha value is -1.66. The second-order valence-corrected chi connectivity index (χ2v) is 3.13. The molecule has 0 aliphatic carbocycles. The van der Waals surface area contributed by atoms with Crippen LogP contribution in [0.1, 0.15) is 6.92 Å². The van der Waals surface area contributed by atoms with Gasteiger partial charge in [-0.15, -0.1) is 0 Å². The molecule has 1 aliphatic rings. The molecule has 0 aromatic heterocycles. The van der Waals surface area contributed by atoms with Gasteiger partial charge in [0, 0.05) is 5.70 Å². The molecule has 15 heavy (non-hydrogen) atoms. The standard InChI is InChI=1S/C8H9F3N2O2/c1-3-2-4(8(9,10)11)5(7(14)15)6(12)13-3/h2,4,13H,12H2,1H3,(H,14,15). The van der Waals surface area contributed by atoms with Crippen molar-refractivity contribution in [1.82, 2.24) is 5.32 Å². The first kappa shape index (κ1) is 11.4. The van der Waals surface area contributed by atoms with E-state index in [-0.39, 0.29) is 5.70 Å². The summed E-state index contributed by atoms with van der Waals surface area (Å²) in [7, 11) is 0. The fourth-order valence-corrected chi connectivity index (χ4v) is 1.33. The first-order valence-corrected chi connectivity index (χ1v) is 3.98. The average molecular weight is 222 g/mol. The number of dihydropyridines is 1. The van der Waals surface area contributed by atoms with Crippen molar-refractivity contribution in [3.8, 4) is 0 Å². The molecule has 1 unspecified atom stereocenters. The summed E-state index contributed by atoms with van der Waals surface area (Å²) in [6.07, 6.45) is -3.86. The first-order valence-electron chi connectivity index (χ1n) is 3.98. The van der Waals surface area contributed by atoms with Crippen molar-refractivity contribution in [3.63, 3.8) is 0 Å². The molecule has 1 aliphatic heterocycles. The number of rotatable bonds is 1. The number of carbonyl (C=O) groups is 1. The molecule has 1 rings (SSSR count). The Morgan fingerprint density at radius 2 is 2.13 bits per heavy atom. The third-order valence-electron chi connectivity index (χ3n) is 1.93. The molecule has 1 atom stereocenters. The maximum atomic E-state index is 12.5. The van der Waals surface area contributed by atoms with E-state index in [1.807, 2.05) is 0 Å². The molecule has 0 saturated heterocycles. The van der Waals surface area contributed by atoms with E-state index in [0.717, 1.165) is 6.08 Å². The van der Waals surface area contributed by atoms with Gasteiger partial charge in [0.05, 0.1) is 5.57 Å². The molecule has 0 aromatic carbocycles. The Balaban J connectivity index is 3.20. The van der Waals surface area contributed by atoms with Crippen LogP contribution >= 0.6 is 0 Å². The lowest BCUT2D eigenvalue weighted by Crippen LogP contribution is -2.37. The topological polar surface area (TPSA) is 75.3 Å². The molecular formula is C8H9F3N2O2. The Kier molecular flexibility index (Phi) is 2.65. The summed E-state index contributed by atoms with van der Waals surface area (Å²) in [5.41, 5.74) is 4.52. The fraction of sp³-hybridized carbons (Fsp3) is 0.375. The first-order chi connectivity index (χ1) is 6.73. The number of carboxylic acid groups (broad SMARTS) is 1. The van der Waals surface area contributed by atoms with Gasteiger partial charge in [0.15, 0.2) is 0 Å². The minimum atomic E-state index is -4.65. The van der Waals surface area contributed by atoms with Gasteiger partial charge in [0.1, 0.15) is 11.7 Å². The van der Waals surface area contributed by atoms with E-state index in [4.69, 9.17) is 10.8 Å². The number of hydrogen-bond donors (Lipinski definition) is 3. The normalized spacial score (nSPS) is 22.1. The summed E-state index contributed by atoms with van der Waals surface area (Å²) in [6, 6.07) is 0. The van der Waals surface area contributed by atoms with Crippen molar-refractivity contribution < 1.29 is 23.1 Å². The van der Waals surface area contributed by atoms with Crippen LogP contribution in [0.25, 0.3) is 0 Å². The highest BCUT2D eigenvalue weighted by atomic mass is 19.4. The van der Waals surface area contributed by atoms with E-state index in [9.17, 15) is 18.0 Å². The summed E-state index contributed by atoms with van der Waals surface area (Å²) in [5.74, 6) is -4.30. The highest BCUT2D eigenvalue weighted by Gasteiger charge is 2.45. The number of allylic oxidation sites excluding steroid dienone is 2. The van der Waals surface area contributed by atoms with Crippen LogP contribution in [0.5, 0.6) is 0 Å². The second-order valence-electron chi connectivity index (χ2n) is 3.13. The number of carboxylic acids is 1. The number of nitrogens with one attached hydrogen (secondary N) is 1. The van der Waals surface area contributed by atoms with Crippen molar-refractivity contribution in [1.29, 1.82) is 0 Å². The average Bonchev–Trinajstić information content (AvgIpc) is 1.99. The number of hydrogen-bond acceptors (Lipinski definition) is 3. The maximum Gasteiger partial charge on any atom is 0.399 e. The van der Waals surface area contributed by atoms with E-state index in [0.29, 0.717) is 0 Å². The van der Waals surface area contributed by atoms with Crippen molar-refractivity contribution >= 4 is 5.97 Å². The molecule has 0 spiro atoms. The van der Waals surface area contributed by atoms with Crippen molar-refractivity contribution in [2.24, 2.45) is 11.7 Å². The van der Waals surface area contributed by atoms with E-state index >= 15 is 0 Å². The SMILES string of the molecule is CC1=CC(C(F)(F)F)C(C(=O)O)=C(N)N1. The van der Waals surface area contributed by atoms with Crippen LogP contribution < -0.4 is 11.1 Å². The summed E-state index contributed by atoms with van der Waals surface area (Å²) in [5, 5.41) is 11.0. The van der Waals surface area contributed by atoms with Gasteiger partial charge < -0.3 is 16.2 Å². The maximum absolute atomic E-state index is 12.5. The minimum Gasteiger partial charge on any atom is -0.478 e. The van der Waals surface area contributed by atoms with Crippen LogP contribution in [0, 0.1) is 5.92 Å². The van der Waals surface area contributed by atoms with Gasteiger partial charge in [-0.05, 0) is 13.0 Å².